The topological polar surface area (TPSA) is 69.2 Å². The minimum atomic E-state index is -0.359. The predicted molar refractivity (Wildman–Crippen MR) is 101 cm³/mol. The van der Waals surface area contributed by atoms with Crippen molar-refractivity contribution >= 4 is 11.4 Å². The molecular formula is C21H18N2O2. The molecule has 0 spiro atoms. The number of nitrogens with two attached hydrogens (primary N) is 1. The molecule has 2 N–H and O–H groups in total. The molecule has 4 rings (SSSR count). The smallest absolute Gasteiger partial charge is 0.277 e. The van der Waals surface area contributed by atoms with Gasteiger partial charge in [0.2, 0.25) is 0 Å². The highest BCUT2D eigenvalue weighted by atomic mass is 16.6. The number of anilines is 1. The van der Waals surface area contributed by atoms with E-state index < -0.39 is 0 Å². The Kier molecular flexibility index (Phi) is 3.19. The number of nitro groups is 1. The Bertz CT molecular complexity index is 1020. The highest BCUT2D eigenvalue weighted by Crippen LogP contribution is 2.49. The molecule has 0 saturated heterocycles. The second-order valence-corrected chi connectivity index (χ2v) is 6.96. The van der Waals surface area contributed by atoms with E-state index in [0.29, 0.717) is 11.3 Å². The summed E-state index contributed by atoms with van der Waals surface area (Å²) in [5.41, 5.74) is 12.6. The molecule has 0 aromatic heterocycles. The van der Waals surface area contributed by atoms with Crippen LogP contribution in [0.4, 0.5) is 11.4 Å². The molecule has 0 saturated carbocycles. The van der Waals surface area contributed by atoms with Gasteiger partial charge in [0.15, 0.2) is 0 Å². The lowest BCUT2D eigenvalue weighted by Gasteiger charge is -2.22. The Morgan fingerprint density at radius 1 is 0.880 bits per heavy atom. The van der Waals surface area contributed by atoms with Gasteiger partial charge in [0.1, 0.15) is 0 Å². The SMILES string of the molecule is CC1(C)c2ccccc2-c2ccc(-c3cc(N)ccc3[N+](=O)[O-])cc21. The fourth-order valence-electron chi connectivity index (χ4n) is 3.82. The van der Waals surface area contributed by atoms with Crippen molar-refractivity contribution in [1.29, 1.82) is 0 Å². The Hall–Kier alpha value is -3.14. The van der Waals surface area contributed by atoms with Gasteiger partial charge in [-0.2, -0.15) is 0 Å². The zero-order chi connectivity index (χ0) is 17.8. The van der Waals surface area contributed by atoms with Crippen molar-refractivity contribution in [3.63, 3.8) is 0 Å². The molecule has 0 heterocycles. The molecule has 124 valence electrons. The molecule has 4 nitrogen and oxygen atoms in total. The lowest BCUT2D eigenvalue weighted by atomic mass is 9.81. The predicted octanol–water partition coefficient (Wildman–Crippen LogP) is 5.15. The summed E-state index contributed by atoms with van der Waals surface area (Å²) in [6.45, 7) is 4.38. The second-order valence-electron chi connectivity index (χ2n) is 6.96. The largest absolute Gasteiger partial charge is 0.399 e. The molecule has 0 unspecified atom stereocenters. The van der Waals surface area contributed by atoms with Gasteiger partial charge in [0.25, 0.3) is 5.69 Å². The fourth-order valence-corrected chi connectivity index (χ4v) is 3.82. The van der Waals surface area contributed by atoms with E-state index in [-0.39, 0.29) is 16.0 Å². The summed E-state index contributed by atoms with van der Waals surface area (Å²) in [5, 5.41) is 11.4. The molecule has 0 aliphatic heterocycles. The van der Waals surface area contributed by atoms with Crippen LogP contribution in [-0.2, 0) is 5.41 Å². The molecule has 0 bridgehead atoms. The first-order chi connectivity index (χ1) is 11.9. The highest BCUT2D eigenvalue weighted by Gasteiger charge is 2.35. The van der Waals surface area contributed by atoms with Crippen LogP contribution >= 0.6 is 0 Å². The summed E-state index contributed by atoms with van der Waals surface area (Å²) >= 11 is 0. The maximum atomic E-state index is 11.4. The Morgan fingerprint density at radius 3 is 2.36 bits per heavy atom. The highest BCUT2D eigenvalue weighted by molar-refractivity contribution is 5.85. The molecular weight excluding hydrogens is 312 g/mol. The quantitative estimate of drug-likeness (QED) is 0.401. The third kappa shape index (κ3) is 2.22. The lowest BCUT2D eigenvalue weighted by Crippen LogP contribution is -2.14. The summed E-state index contributed by atoms with van der Waals surface area (Å²) in [4.78, 5) is 11.1. The van der Waals surface area contributed by atoms with Crippen molar-refractivity contribution in [2.75, 3.05) is 5.73 Å². The molecule has 1 aliphatic rings. The number of rotatable bonds is 2. The van der Waals surface area contributed by atoms with E-state index in [0.717, 1.165) is 5.56 Å². The molecule has 0 radical (unpaired) electrons. The van der Waals surface area contributed by atoms with Crippen molar-refractivity contribution < 1.29 is 4.92 Å². The van der Waals surface area contributed by atoms with E-state index in [2.05, 4.69) is 44.2 Å². The van der Waals surface area contributed by atoms with Crippen LogP contribution in [-0.4, -0.2) is 4.92 Å². The number of nitrogens with zero attached hydrogens (tertiary/aromatic N) is 1. The van der Waals surface area contributed by atoms with E-state index in [9.17, 15) is 10.1 Å². The summed E-state index contributed by atoms with van der Waals surface area (Å²) in [7, 11) is 0. The van der Waals surface area contributed by atoms with Crippen molar-refractivity contribution in [3.8, 4) is 22.3 Å². The number of fused-ring (bicyclic) bond motifs is 3. The minimum Gasteiger partial charge on any atom is -0.399 e. The number of nitrogen functional groups attached to an aromatic ring is 1. The zero-order valence-corrected chi connectivity index (χ0v) is 14.1. The fraction of sp³-hybridized carbons (Fsp3) is 0.143. The molecule has 25 heavy (non-hydrogen) atoms. The van der Waals surface area contributed by atoms with Crippen LogP contribution in [0.5, 0.6) is 0 Å². The first kappa shape index (κ1) is 15.4. The average molecular weight is 330 g/mol. The van der Waals surface area contributed by atoms with E-state index in [1.54, 1.807) is 12.1 Å². The number of hydrogen-bond donors (Lipinski definition) is 1. The summed E-state index contributed by atoms with van der Waals surface area (Å²) < 4.78 is 0. The van der Waals surface area contributed by atoms with Crippen molar-refractivity contribution in [1.82, 2.24) is 0 Å². The van der Waals surface area contributed by atoms with Crippen LogP contribution in [0.25, 0.3) is 22.3 Å². The molecule has 0 amide bonds. The van der Waals surface area contributed by atoms with Gasteiger partial charge in [-0.05, 0) is 46.0 Å². The molecule has 3 aromatic rings. The van der Waals surface area contributed by atoms with Crippen molar-refractivity contribution in [2.45, 2.75) is 19.3 Å². The van der Waals surface area contributed by atoms with E-state index in [1.807, 2.05) is 12.1 Å². The van der Waals surface area contributed by atoms with Gasteiger partial charge < -0.3 is 5.73 Å². The molecule has 1 aliphatic carbocycles. The van der Waals surface area contributed by atoms with E-state index >= 15 is 0 Å². The van der Waals surface area contributed by atoms with Crippen LogP contribution in [0, 0.1) is 10.1 Å². The van der Waals surface area contributed by atoms with Gasteiger partial charge in [0.05, 0.1) is 10.5 Å². The van der Waals surface area contributed by atoms with Gasteiger partial charge >= 0.3 is 0 Å². The van der Waals surface area contributed by atoms with Crippen molar-refractivity contribution in [2.24, 2.45) is 0 Å². The van der Waals surface area contributed by atoms with Crippen LogP contribution in [0.1, 0.15) is 25.0 Å². The maximum Gasteiger partial charge on any atom is 0.277 e. The third-order valence-corrected chi connectivity index (χ3v) is 5.11. The molecule has 3 aromatic carbocycles. The van der Waals surface area contributed by atoms with Crippen molar-refractivity contribution in [3.05, 3.63) is 81.9 Å². The van der Waals surface area contributed by atoms with Gasteiger partial charge in [-0.15, -0.1) is 0 Å². The van der Waals surface area contributed by atoms with E-state index in [1.165, 1.54) is 28.3 Å². The number of nitro benzene ring substituents is 1. The van der Waals surface area contributed by atoms with Gasteiger partial charge in [0, 0.05) is 17.2 Å². The standard InChI is InChI=1S/C21H18N2O2/c1-21(2)18-6-4-3-5-15(18)16-9-7-13(11-19(16)21)17-12-14(22)8-10-20(17)23(24)25/h3-12H,22H2,1-2H3. The van der Waals surface area contributed by atoms with Crippen LogP contribution in [0.15, 0.2) is 60.7 Å². The maximum absolute atomic E-state index is 11.4. The summed E-state index contributed by atoms with van der Waals surface area (Å²) in [6.07, 6.45) is 0. The van der Waals surface area contributed by atoms with Gasteiger partial charge in [-0.3, -0.25) is 10.1 Å². The monoisotopic (exact) mass is 330 g/mol. The zero-order valence-electron chi connectivity index (χ0n) is 14.1. The van der Waals surface area contributed by atoms with Gasteiger partial charge in [-0.25, -0.2) is 0 Å². The Labute approximate surface area is 146 Å². The first-order valence-corrected chi connectivity index (χ1v) is 8.18. The summed E-state index contributed by atoms with van der Waals surface area (Å²) in [5.74, 6) is 0. The Balaban J connectivity index is 1.95. The first-order valence-electron chi connectivity index (χ1n) is 8.18. The average Bonchev–Trinajstić information content (AvgIpc) is 2.82. The molecule has 4 heteroatoms. The minimum absolute atomic E-state index is 0.0717. The van der Waals surface area contributed by atoms with Crippen LogP contribution in [0.2, 0.25) is 0 Å². The van der Waals surface area contributed by atoms with Crippen LogP contribution in [0.3, 0.4) is 0 Å². The summed E-state index contributed by atoms with van der Waals surface area (Å²) in [6, 6.07) is 19.2. The number of benzene rings is 3. The molecule has 0 atom stereocenters. The number of hydrogen-bond acceptors (Lipinski definition) is 3. The van der Waals surface area contributed by atoms with E-state index in [4.69, 9.17) is 5.73 Å². The van der Waals surface area contributed by atoms with Gasteiger partial charge in [-0.1, -0.05) is 50.2 Å². The second kappa shape index (κ2) is 5.18. The van der Waals surface area contributed by atoms with Crippen LogP contribution < -0.4 is 5.73 Å². The molecule has 0 fully saturated rings. The normalized spacial score (nSPS) is 14.0. The third-order valence-electron chi connectivity index (χ3n) is 5.11. The Morgan fingerprint density at radius 2 is 1.60 bits per heavy atom. The lowest BCUT2D eigenvalue weighted by molar-refractivity contribution is -0.384.